The SMILES string of the molecule is CC#CCCOC1CCC(CO)CC1. The van der Waals surface area contributed by atoms with E-state index in [2.05, 4.69) is 11.8 Å². The second-order valence-electron chi connectivity index (χ2n) is 3.87. The van der Waals surface area contributed by atoms with Gasteiger partial charge in [-0.3, -0.25) is 0 Å². The van der Waals surface area contributed by atoms with Crippen molar-refractivity contribution >= 4 is 0 Å². The lowest BCUT2D eigenvalue weighted by atomic mass is 9.88. The van der Waals surface area contributed by atoms with Crippen molar-refractivity contribution in [3.05, 3.63) is 0 Å². The van der Waals surface area contributed by atoms with E-state index in [0.717, 1.165) is 38.7 Å². The maximum atomic E-state index is 8.96. The van der Waals surface area contributed by atoms with Gasteiger partial charge >= 0.3 is 0 Å². The zero-order chi connectivity index (χ0) is 10.2. The summed E-state index contributed by atoms with van der Waals surface area (Å²) in [7, 11) is 0. The molecule has 0 aromatic carbocycles. The van der Waals surface area contributed by atoms with E-state index in [9.17, 15) is 0 Å². The Kier molecular flexibility index (Phi) is 5.66. The molecular weight excluding hydrogens is 176 g/mol. The van der Waals surface area contributed by atoms with Crippen molar-refractivity contribution in [1.82, 2.24) is 0 Å². The van der Waals surface area contributed by atoms with Gasteiger partial charge in [-0.15, -0.1) is 11.8 Å². The minimum Gasteiger partial charge on any atom is -0.396 e. The van der Waals surface area contributed by atoms with Gasteiger partial charge < -0.3 is 9.84 Å². The van der Waals surface area contributed by atoms with Gasteiger partial charge in [0.25, 0.3) is 0 Å². The van der Waals surface area contributed by atoms with E-state index in [-0.39, 0.29) is 0 Å². The minimum absolute atomic E-state index is 0.341. The van der Waals surface area contributed by atoms with Crippen molar-refractivity contribution in [3.63, 3.8) is 0 Å². The largest absolute Gasteiger partial charge is 0.396 e. The van der Waals surface area contributed by atoms with Crippen LogP contribution in [0.1, 0.15) is 39.0 Å². The molecule has 0 saturated heterocycles. The summed E-state index contributed by atoms with van der Waals surface area (Å²) in [6.45, 7) is 2.95. The maximum absolute atomic E-state index is 8.96. The van der Waals surface area contributed by atoms with Crippen molar-refractivity contribution in [2.24, 2.45) is 5.92 Å². The van der Waals surface area contributed by atoms with Crippen molar-refractivity contribution in [3.8, 4) is 11.8 Å². The summed E-state index contributed by atoms with van der Waals surface area (Å²) in [4.78, 5) is 0. The number of ether oxygens (including phenoxy) is 1. The topological polar surface area (TPSA) is 29.5 Å². The maximum Gasteiger partial charge on any atom is 0.0579 e. The van der Waals surface area contributed by atoms with Crippen LogP contribution in [0.15, 0.2) is 0 Å². The molecular formula is C12H20O2. The van der Waals surface area contributed by atoms with Gasteiger partial charge in [-0.2, -0.15) is 0 Å². The molecule has 1 N–H and O–H groups in total. The van der Waals surface area contributed by atoms with Crippen LogP contribution in [0.25, 0.3) is 0 Å². The van der Waals surface area contributed by atoms with E-state index in [1.165, 1.54) is 0 Å². The van der Waals surface area contributed by atoms with Crippen LogP contribution in [-0.4, -0.2) is 24.4 Å². The van der Waals surface area contributed by atoms with Crippen molar-refractivity contribution in [2.75, 3.05) is 13.2 Å². The van der Waals surface area contributed by atoms with E-state index in [4.69, 9.17) is 9.84 Å². The standard InChI is InChI=1S/C12H20O2/c1-2-3-4-9-14-12-7-5-11(10-13)6-8-12/h11-13H,4-10H2,1H3. The third-order valence-corrected chi connectivity index (χ3v) is 2.81. The van der Waals surface area contributed by atoms with Gasteiger partial charge in [0.1, 0.15) is 0 Å². The summed E-state index contributed by atoms with van der Waals surface area (Å²) in [5.41, 5.74) is 0. The molecule has 0 bridgehead atoms. The van der Waals surface area contributed by atoms with Gasteiger partial charge in [-0.05, 0) is 38.5 Å². The van der Waals surface area contributed by atoms with Gasteiger partial charge in [0, 0.05) is 13.0 Å². The van der Waals surface area contributed by atoms with Crippen LogP contribution < -0.4 is 0 Å². The zero-order valence-electron chi connectivity index (χ0n) is 8.96. The molecule has 0 aliphatic heterocycles. The Morgan fingerprint density at radius 1 is 1.29 bits per heavy atom. The van der Waals surface area contributed by atoms with E-state index in [1.54, 1.807) is 0 Å². The lowest BCUT2D eigenvalue weighted by molar-refractivity contribution is 0.0143. The second kappa shape index (κ2) is 6.86. The van der Waals surface area contributed by atoms with Gasteiger partial charge in [0.15, 0.2) is 0 Å². The smallest absolute Gasteiger partial charge is 0.0579 e. The van der Waals surface area contributed by atoms with Crippen LogP contribution in [0.3, 0.4) is 0 Å². The first-order chi connectivity index (χ1) is 6.86. The number of aliphatic hydroxyl groups excluding tert-OH is 1. The van der Waals surface area contributed by atoms with Gasteiger partial charge in [-0.1, -0.05) is 0 Å². The van der Waals surface area contributed by atoms with Crippen LogP contribution in [0.4, 0.5) is 0 Å². The molecule has 0 unspecified atom stereocenters. The fourth-order valence-corrected chi connectivity index (χ4v) is 1.88. The molecule has 0 spiro atoms. The number of aliphatic hydroxyl groups is 1. The molecule has 1 rings (SSSR count). The van der Waals surface area contributed by atoms with Crippen LogP contribution in [0.2, 0.25) is 0 Å². The lowest BCUT2D eigenvalue weighted by Crippen LogP contribution is -2.23. The zero-order valence-corrected chi connectivity index (χ0v) is 8.96. The Hall–Kier alpha value is -0.520. The van der Waals surface area contributed by atoms with Crippen molar-refractivity contribution in [1.29, 1.82) is 0 Å². The minimum atomic E-state index is 0.341. The number of hydrogen-bond donors (Lipinski definition) is 1. The molecule has 0 atom stereocenters. The highest BCUT2D eigenvalue weighted by Gasteiger charge is 2.20. The lowest BCUT2D eigenvalue weighted by Gasteiger charge is -2.27. The van der Waals surface area contributed by atoms with Gasteiger partial charge in [0.05, 0.1) is 12.7 Å². The molecule has 0 aromatic rings. The van der Waals surface area contributed by atoms with Gasteiger partial charge in [0.2, 0.25) is 0 Å². The van der Waals surface area contributed by atoms with E-state index in [0.29, 0.717) is 18.6 Å². The highest BCUT2D eigenvalue weighted by Crippen LogP contribution is 2.25. The molecule has 1 fully saturated rings. The summed E-state index contributed by atoms with van der Waals surface area (Å²) >= 11 is 0. The Morgan fingerprint density at radius 3 is 2.57 bits per heavy atom. The van der Waals surface area contributed by atoms with Crippen LogP contribution in [-0.2, 0) is 4.74 Å². The molecule has 80 valence electrons. The molecule has 0 aromatic heterocycles. The van der Waals surface area contributed by atoms with Crippen molar-refractivity contribution in [2.45, 2.75) is 45.1 Å². The first kappa shape index (κ1) is 11.6. The quantitative estimate of drug-likeness (QED) is 0.550. The van der Waals surface area contributed by atoms with Crippen LogP contribution >= 0.6 is 0 Å². The highest BCUT2D eigenvalue weighted by molar-refractivity contribution is 4.94. The molecule has 2 nitrogen and oxygen atoms in total. The number of rotatable bonds is 4. The van der Waals surface area contributed by atoms with E-state index < -0.39 is 0 Å². The monoisotopic (exact) mass is 196 g/mol. The summed E-state index contributed by atoms with van der Waals surface area (Å²) < 4.78 is 5.69. The molecule has 1 saturated carbocycles. The number of hydrogen-bond acceptors (Lipinski definition) is 2. The van der Waals surface area contributed by atoms with Crippen LogP contribution in [0.5, 0.6) is 0 Å². The third-order valence-electron chi connectivity index (χ3n) is 2.81. The van der Waals surface area contributed by atoms with Gasteiger partial charge in [-0.25, -0.2) is 0 Å². The molecule has 14 heavy (non-hydrogen) atoms. The molecule has 0 heterocycles. The summed E-state index contributed by atoms with van der Waals surface area (Å²) in [6.07, 6.45) is 5.68. The normalized spacial score (nSPS) is 26.7. The van der Waals surface area contributed by atoms with E-state index in [1.807, 2.05) is 6.92 Å². The Balaban J connectivity index is 2.06. The Bertz CT molecular complexity index is 194. The summed E-state index contributed by atoms with van der Waals surface area (Å²) in [5, 5.41) is 8.96. The molecule has 1 aliphatic rings. The Morgan fingerprint density at radius 2 is 2.00 bits per heavy atom. The molecule has 0 radical (unpaired) electrons. The summed E-state index contributed by atoms with van der Waals surface area (Å²) in [5.74, 6) is 6.37. The highest BCUT2D eigenvalue weighted by atomic mass is 16.5. The fourth-order valence-electron chi connectivity index (χ4n) is 1.88. The summed E-state index contributed by atoms with van der Waals surface area (Å²) in [6, 6.07) is 0. The second-order valence-corrected chi connectivity index (χ2v) is 3.87. The molecule has 0 amide bonds. The van der Waals surface area contributed by atoms with Crippen molar-refractivity contribution < 1.29 is 9.84 Å². The predicted molar refractivity (Wildman–Crippen MR) is 56.9 cm³/mol. The average Bonchev–Trinajstić information content (AvgIpc) is 2.25. The Labute approximate surface area is 86.7 Å². The first-order valence-corrected chi connectivity index (χ1v) is 5.49. The first-order valence-electron chi connectivity index (χ1n) is 5.49. The fraction of sp³-hybridized carbons (Fsp3) is 0.833. The molecule has 1 aliphatic carbocycles. The third kappa shape index (κ3) is 4.13. The molecule has 2 heteroatoms. The van der Waals surface area contributed by atoms with Crippen LogP contribution in [0, 0.1) is 17.8 Å². The average molecular weight is 196 g/mol. The predicted octanol–water partition coefficient (Wildman–Crippen LogP) is 1.97. The van der Waals surface area contributed by atoms with E-state index >= 15 is 0 Å².